The average Bonchev–Trinajstić information content (AvgIpc) is 2.66. The minimum atomic E-state index is -0.00292. The Labute approximate surface area is 90.7 Å². The van der Waals surface area contributed by atoms with Gasteiger partial charge in [0, 0.05) is 19.2 Å². The molecule has 0 saturated carbocycles. The Kier molecular flexibility index (Phi) is 4.34. The summed E-state index contributed by atoms with van der Waals surface area (Å²) in [5, 5.41) is 7.26. The second-order valence-electron chi connectivity index (χ2n) is 3.64. The zero-order valence-corrected chi connectivity index (χ0v) is 9.66. The molecule has 1 aromatic rings. The van der Waals surface area contributed by atoms with Gasteiger partial charge in [-0.2, -0.15) is 5.10 Å². The van der Waals surface area contributed by atoms with Crippen LogP contribution in [0.5, 0.6) is 0 Å². The highest BCUT2D eigenvalue weighted by molar-refractivity contribution is 5.76. The fourth-order valence-electron chi connectivity index (χ4n) is 1.40. The molecule has 1 heterocycles. The summed E-state index contributed by atoms with van der Waals surface area (Å²) in [6, 6.07) is 1.94. The van der Waals surface area contributed by atoms with Crippen molar-refractivity contribution in [1.29, 1.82) is 0 Å². The van der Waals surface area contributed by atoms with Crippen LogP contribution in [-0.4, -0.2) is 15.7 Å². The second-order valence-corrected chi connectivity index (χ2v) is 3.64. The maximum atomic E-state index is 11.4. The summed E-state index contributed by atoms with van der Waals surface area (Å²) in [4.78, 5) is 11.4. The SMILES string of the molecule is CCCC(=O)NC(C)c1ccn(CC)n1. The van der Waals surface area contributed by atoms with Crippen molar-refractivity contribution in [3.63, 3.8) is 0 Å². The van der Waals surface area contributed by atoms with Gasteiger partial charge in [0.25, 0.3) is 0 Å². The van der Waals surface area contributed by atoms with Crippen LogP contribution in [0.15, 0.2) is 12.3 Å². The fourth-order valence-corrected chi connectivity index (χ4v) is 1.40. The standard InChI is InChI=1S/C11H19N3O/c1-4-6-11(15)12-9(3)10-7-8-14(5-2)13-10/h7-9H,4-6H2,1-3H3,(H,12,15). The van der Waals surface area contributed by atoms with Gasteiger partial charge in [-0.3, -0.25) is 9.48 Å². The topological polar surface area (TPSA) is 46.9 Å². The smallest absolute Gasteiger partial charge is 0.220 e. The number of nitrogens with one attached hydrogen (secondary N) is 1. The minimum Gasteiger partial charge on any atom is -0.348 e. The lowest BCUT2D eigenvalue weighted by molar-refractivity contribution is -0.121. The summed E-state index contributed by atoms with van der Waals surface area (Å²) in [5.74, 6) is 0.0936. The highest BCUT2D eigenvalue weighted by atomic mass is 16.1. The predicted octanol–water partition coefficient (Wildman–Crippen LogP) is 1.88. The van der Waals surface area contributed by atoms with Crippen molar-refractivity contribution in [3.8, 4) is 0 Å². The van der Waals surface area contributed by atoms with Gasteiger partial charge in [-0.25, -0.2) is 0 Å². The molecule has 1 atom stereocenters. The zero-order valence-electron chi connectivity index (χ0n) is 9.66. The van der Waals surface area contributed by atoms with E-state index in [4.69, 9.17) is 0 Å². The van der Waals surface area contributed by atoms with Crippen LogP contribution in [0.2, 0.25) is 0 Å². The molecule has 4 nitrogen and oxygen atoms in total. The lowest BCUT2D eigenvalue weighted by Crippen LogP contribution is -2.26. The third-order valence-electron chi connectivity index (χ3n) is 2.28. The lowest BCUT2D eigenvalue weighted by atomic mass is 10.2. The number of aromatic nitrogens is 2. The van der Waals surface area contributed by atoms with Gasteiger partial charge < -0.3 is 5.32 Å². The van der Waals surface area contributed by atoms with Gasteiger partial charge in [0.05, 0.1) is 11.7 Å². The van der Waals surface area contributed by atoms with Crippen molar-refractivity contribution in [3.05, 3.63) is 18.0 Å². The van der Waals surface area contributed by atoms with E-state index in [9.17, 15) is 4.79 Å². The highest BCUT2D eigenvalue weighted by Gasteiger charge is 2.10. The van der Waals surface area contributed by atoms with Crippen LogP contribution in [0.1, 0.15) is 45.3 Å². The van der Waals surface area contributed by atoms with Gasteiger partial charge in [-0.05, 0) is 26.3 Å². The molecule has 1 amide bonds. The van der Waals surface area contributed by atoms with Crippen LogP contribution in [0.25, 0.3) is 0 Å². The average molecular weight is 209 g/mol. The molecule has 15 heavy (non-hydrogen) atoms. The summed E-state index contributed by atoms with van der Waals surface area (Å²) in [5.41, 5.74) is 0.918. The Bertz CT molecular complexity index is 319. The van der Waals surface area contributed by atoms with Crippen molar-refractivity contribution < 1.29 is 4.79 Å². The van der Waals surface area contributed by atoms with Crippen LogP contribution in [0, 0.1) is 0 Å². The monoisotopic (exact) mass is 209 g/mol. The Morgan fingerprint density at radius 2 is 2.33 bits per heavy atom. The zero-order chi connectivity index (χ0) is 11.3. The van der Waals surface area contributed by atoms with E-state index < -0.39 is 0 Å². The third kappa shape index (κ3) is 3.38. The number of carbonyl (C=O) groups is 1. The van der Waals surface area contributed by atoms with Crippen LogP contribution in [-0.2, 0) is 11.3 Å². The van der Waals surface area contributed by atoms with Gasteiger partial charge >= 0.3 is 0 Å². The number of amides is 1. The Hall–Kier alpha value is -1.32. The normalized spacial score (nSPS) is 12.5. The van der Waals surface area contributed by atoms with Crippen LogP contribution < -0.4 is 5.32 Å². The molecule has 0 saturated heterocycles. The summed E-state index contributed by atoms with van der Waals surface area (Å²) in [6.45, 7) is 6.85. The summed E-state index contributed by atoms with van der Waals surface area (Å²) < 4.78 is 1.86. The van der Waals surface area contributed by atoms with E-state index in [1.165, 1.54) is 0 Å². The minimum absolute atomic E-state index is 0.00292. The largest absolute Gasteiger partial charge is 0.348 e. The van der Waals surface area contributed by atoms with Crippen LogP contribution in [0.3, 0.4) is 0 Å². The number of hydrogen-bond donors (Lipinski definition) is 1. The molecule has 0 aliphatic rings. The molecule has 0 spiro atoms. The van der Waals surface area contributed by atoms with E-state index in [-0.39, 0.29) is 11.9 Å². The van der Waals surface area contributed by atoms with Gasteiger partial charge in [-0.15, -0.1) is 0 Å². The lowest BCUT2D eigenvalue weighted by Gasteiger charge is -2.10. The molecule has 84 valence electrons. The highest BCUT2D eigenvalue weighted by Crippen LogP contribution is 2.09. The molecular weight excluding hydrogens is 190 g/mol. The second kappa shape index (κ2) is 5.53. The summed E-state index contributed by atoms with van der Waals surface area (Å²) >= 11 is 0. The van der Waals surface area contributed by atoms with Gasteiger partial charge in [0.1, 0.15) is 0 Å². The molecular formula is C11H19N3O. The first-order valence-corrected chi connectivity index (χ1v) is 5.50. The molecule has 0 aliphatic heterocycles. The Morgan fingerprint density at radius 1 is 1.60 bits per heavy atom. The molecule has 0 bridgehead atoms. The molecule has 1 rings (SSSR count). The Balaban J connectivity index is 2.52. The molecule has 1 aromatic heterocycles. The van der Waals surface area contributed by atoms with Crippen molar-refractivity contribution in [2.24, 2.45) is 0 Å². The fraction of sp³-hybridized carbons (Fsp3) is 0.636. The van der Waals surface area contributed by atoms with Crippen molar-refractivity contribution >= 4 is 5.91 Å². The first-order chi connectivity index (χ1) is 7.17. The molecule has 4 heteroatoms. The number of carbonyl (C=O) groups excluding carboxylic acids is 1. The van der Waals surface area contributed by atoms with Crippen molar-refractivity contribution in [2.75, 3.05) is 0 Å². The third-order valence-corrected chi connectivity index (χ3v) is 2.28. The summed E-state index contributed by atoms with van der Waals surface area (Å²) in [6.07, 6.45) is 3.39. The molecule has 0 fully saturated rings. The summed E-state index contributed by atoms with van der Waals surface area (Å²) in [7, 11) is 0. The number of aryl methyl sites for hydroxylation is 1. The number of hydrogen-bond acceptors (Lipinski definition) is 2. The molecule has 1 N–H and O–H groups in total. The molecule has 0 aromatic carbocycles. The van der Waals surface area contributed by atoms with Crippen molar-refractivity contribution in [2.45, 2.75) is 46.2 Å². The van der Waals surface area contributed by atoms with E-state index in [1.54, 1.807) is 0 Å². The Morgan fingerprint density at radius 3 is 2.87 bits per heavy atom. The van der Waals surface area contributed by atoms with E-state index in [1.807, 2.05) is 37.7 Å². The van der Waals surface area contributed by atoms with E-state index in [0.717, 1.165) is 18.7 Å². The van der Waals surface area contributed by atoms with Gasteiger partial charge in [0.2, 0.25) is 5.91 Å². The first-order valence-electron chi connectivity index (χ1n) is 5.50. The van der Waals surface area contributed by atoms with E-state index >= 15 is 0 Å². The molecule has 0 aliphatic carbocycles. The molecule has 0 radical (unpaired) electrons. The molecule has 1 unspecified atom stereocenters. The number of rotatable bonds is 5. The quantitative estimate of drug-likeness (QED) is 0.804. The van der Waals surface area contributed by atoms with E-state index in [0.29, 0.717) is 6.42 Å². The first kappa shape index (κ1) is 11.8. The maximum Gasteiger partial charge on any atom is 0.220 e. The van der Waals surface area contributed by atoms with E-state index in [2.05, 4.69) is 10.4 Å². The van der Waals surface area contributed by atoms with Gasteiger partial charge in [-0.1, -0.05) is 6.92 Å². The maximum absolute atomic E-state index is 11.4. The van der Waals surface area contributed by atoms with Crippen LogP contribution >= 0.6 is 0 Å². The predicted molar refractivity (Wildman–Crippen MR) is 59.4 cm³/mol. The number of nitrogens with zero attached hydrogens (tertiary/aromatic N) is 2. The van der Waals surface area contributed by atoms with Crippen molar-refractivity contribution in [1.82, 2.24) is 15.1 Å². The van der Waals surface area contributed by atoms with Crippen LogP contribution in [0.4, 0.5) is 0 Å². The van der Waals surface area contributed by atoms with Gasteiger partial charge in [0.15, 0.2) is 0 Å².